The van der Waals surface area contributed by atoms with Crippen LogP contribution < -0.4 is 5.32 Å². The van der Waals surface area contributed by atoms with E-state index in [1.807, 2.05) is 24.3 Å². The van der Waals surface area contributed by atoms with Crippen molar-refractivity contribution >= 4 is 23.5 Å². The van der Waals surface area contributed by atoms with Gasteiger partial charge in [-0.15, -0.1) is 0 Å². The van der Waals surface area contributed by atoms with Gasteiger partial charge >= 0.3 is 6.03 Å². The number of piperidine rings is 1. The summed E-state index contributed by atoms with van der Waals surface area (Å²) >= 11 is 5.96. The number of likely N-dealkylation sites (tertiary alicyclic amines) is 1. The normalized spacial score (nSPS) is 22.0. The molecule has 2 fully saturated rings. The van der Waals surface area contributed by atoms with Crippen LogP contribution in [0.15, 0.2) is 24.3 Å². The molecule has 0 aromatic heterocycles. The number of β-amino-alcohol motifs (C(OH)–C–C–N with tert-alkyl or cyclic N) is 1. The van der Waals surface area contributed by atoms with Gasteiger partial charge in [0.05, 0.1) is 6.10 Å². The van der Waals surface area contributed by atoms with Crippen LogP contribution in [0.2, 0.25) is 5.02 Å². The first-order valence-corrected chi connectivity index (χ1v) is 8.53. The Morgan fingerprint density at radius 3 is 2.62 bits per heavy atom. The number of nitrogens with zero attached hydrogens (tertiary/aromatic N) is 2. The maximum atomic E-state index is 12.3. The van der Waals surface area contributed by atoms with Crippen molar-refractivity contribution in [1.29, 1.82) is 0 Å². The van der Waals surface area contributed by atoms with Crippen LogP contribution in [0.5, 0.6) is 0 Å². The number of imide groups is 1. The highest BCUT2D eigenvalue weighted by molar-refractivity contribution is 6.30. The zero-order valence-corrected chi connectivity index (χ0v) is 14.4. The van der Waals surface area contributed by atoms with Crippen molar-refractivity contribution in [3.05, 3.63) is 34.9 Å². The van der Waals surface area contributed by atoms with Crippen LogP contribution in [0.4, 0.5) is 4.79 Å². The van der Waals surface area contributed by atoms with Crippen LogP contribution >= 0.6 is 11.6 Å². The molecule has 24 heavy (non-hydrogen) atoms. The number of amides is 3. The SMILES string of the molecule is CN1C(=O)NC2(CCN(CC(O)Cc3cccc(Cl)c3)CC2)C1=O. The van der Waals surface area contributed by atoms with Crippen LogP contribution in [0.1, 0.15) is 18.4 Å². The quantitative estimate of drug-likeness (QED) is 0.801. The molecule has 6 nitrogen and oxygen atoms in total. The molecule has 0 radical (unpaired) electrons. The molecule has 1 aromatic carbocycles. The Bertz CT molecular complexity index is 644. The minimum absolute atomic E-state index is 0.147. The first-order chi connectivity index (χ1) is 11.4. The summed E-state index contributed by atoms with van der Waals surface area (Å²) in [6.07, 6.45) is 1.20. The van der Waals surface area contributed by atoms with Crippen molar-refractivity contribution in [2.75, 3.05) is 26.7 Å². The van der Waals surface area contributed by atoms with E-state index in [4.69, 9.17) is 11.6 Å². The summed E-state index contributed by atoms with van der Waals surface area (Å²) in [6.45, 7) is 1.89. The Kier molecular flexibility index (Phi) is 4.80. The van der Waals surface area contributed by atoms with Crippen LogP contribution in [0.25, 0.3) is 0 Å². The number of aliphatic hydroxyl groups excluding tert-OH is 1. The zero-order valence-electron chi connectivity index (χ0n) is 13.7. The van der Waals surface area contributed by atoms with Crippen molar-refractivity contribution in [1.82, 2.24) is 15.1 Å². The first-order valence-electron chi connectivity index (χ1n) is 8.15. The lowest BCUT2D eigenvalue weighted by Gasteiger charge is -2.37. The third kappa shape index (κ3) is 3.41. The molecule has 0 aliphatic carbocycles. The summed E-state index contributed by atoms with van der Waals surface area (Å²) in [5, 5.41) is 13.8. The van der Waals surface area contributed by atoms with E-state index in [1.54, 1.807) is 0 Å². The summed E-state index contributed by atoms with van der Waals surface area (Å²) in [5.41, 5.74) is 0.253. The molecule has 2 heterocycles. The van der Waals surface area contributed by atoms with E-state index >= 15 is 0 Å². The Labute approximate surface area is 146 Å². The van der Waals surface area contributed by atoms with E-state index in [9.17, 15) is 14.7 Å². The highest BCUT2D eigenvalue weighted by Gasteiger charge is 2.50. The molecule has 2 aliphatic rings. The Morgan fingerprint density at radius 1 is 1.33 bits per heavy atom. The van der Waals surface area contributed by atoms with E-state index < -0.39 is 11.6 Å². The Morgan fingerprint density at radius 2 is 2.04 bits per heavy atom. The lowest BCUT2D eigenvalue weighted by molar-refractivity contribution is -0.132. The molecule has 0 bridgehead atoms. The van der Waals surface area contributed by atoms with Crippen molar-refractivity contribution in [3.63, 3.8) is 0 Å². The number of likely N-dealkylation sites (N-methyl/N-ethyl adjacent to an activating group) is 1. The summed E-state index contributed by atoms with van der Waals surface area (Å²) < 4.78 is 0. The second-order valence-corrected chi connectivity index (χ2v) is 7.10. The van der Waals surface area contributed by atoms with Crippen molar-refractivity contribution in [3.8, 4) is 0 Å². The number of urea groups is 1. The van der Waals surface area contributed by atoms with Gasteiger partial charge in [-0.25, -0.2) is 4.79 Å². The molecule has 0 saturated carbocycles. The molecule has 2 N–H and O–H groups in total. The van der Waals surface area contributed by atoms with Crippen molar-refractivity contribution in [2.45, 2.75) is 30.9 Å². The van der Waals surface area contributed by atoms with Gasteiger partial charge in [0.25, 0.3) is 5.91 Å². The second kappa shape index (κ2) is 6.70. The molecule has 1 aromatic rings. The molecule has 1 unspecified atom stereocenters. The number of carbonyl (C=O) groups excluding carboxylic acids is 2. The minimum Gasteiger partial charge on any atom is -0.391 e. The minimum atomic E-state index is -0.750. The predicted octanol–water partition coefficient (Wildman–Crippen LogP) is 1.26. The number of halogens is 1. The Hall–Kier alpha value is -1.63. The molecule has 3 amide bonds. The average molecular weight is 352 g/mol. The third-order valence-corrected chi connectivity index (χ3v) is 5.14. The average Bonchev–Trinajstić information content (AvgIpc) is 2.74. The number of hydrogen-bond donors (Lipinski definition) is 2. The second-order valence-electron chi connectivity index (χ2n) is 6.66. The van der Waals surface area contributed by atoms with Gasteiger partial charge in [-0.1, -0.05) is 23.7 Å². The van der Waals surface area contributed by atoms with Crippen LogP contribution in [-0.4, -0.2) is 65.2 Å². The number of nitrogens with one attached hydrogen (secondary N) is 1. The molecule has 1 spiro atoms. The standard InChI is InChI=1S/C17H22ClN3O3/c1-20-15(23)17(19-16(20)24)5-7-21(8-6-17)11-14(22)10-12-3-2-4-13(18)9-12/h2-4,9,14,22H,5-8,10-11H2,1H3,(H,19,24). The molecular weight excluding hydrogens is 330 g/mol. The van der Waals surface area contributed by atoms with E-state index in [1.165, 1.54) is 7.05 Å². The van der Waals surface area contributed by atoms with Crippen LogP contribution in [0, 0.1) is 0 Å². The fourth-order valence-corrected chi connectivity index (χ4v) is 3.72. The number of aliphatic hydroxyl groups is 1. The van der Waals surface area contributed by atoms with Crippen molar-refractivity contribution < 1.29 is 14.7 Å². The van der Waals surface area contributed by atoms with Gasteiger partial charge < -0.3 is 15.3 Å². The maximum Gasteiger partial charge on any atom is 0.324 e. The maximum absolute atomic E-state index is 12.3. The molecular formula is C17H22ClN3O3. The van der Waals surface area contributed by atoms with Gasteiger partial charge in [0.2, 0.25) is 0 Å². The number of hydrogen-bond acceptors (Lipinski definition) is 4. The lowest BCUT2D eigenvalue weighted by Crippen LogP contribution is -2.55. The van der Waals surface area contributed by atoms with Gasteiger partial charge in [0.1, 0.15) is 5.54 Å². The van der Waals surface area contributed by atoms with Crippen molar-refractivity contribution in [2.24, 2.45) is 0 Å². The smallest absolute Gasteiger partial charge is 0.324 e. The first kappa shape index (κ1) is 17.2. The van der Waals surface area contributed by atoms with E-state index in [-0.39, 0.29) is 11.9 Å². The summed E-state index contributed by atoms with van der Waals surface area (Å²) in [6, 6.07) is 7.17. The number of carbonyl (C=O) groups is 2. The molecule has 7 heteroatoms. The molecule has 2 aliphatic heterocycles. The summed E-state index contributed by atoms with van der Waals surface area (Å²) in [4.78, 5) is 27.2. The van der Waals surface area contributed by atoms with E-state index in [2.05, 4.69) is 10.2 Å². The Balaban J connectivity index is 1.52. The number of rotatable bonds is 4. The highest BCUT2D eigenvalue weighted by Crippen LogP contribution is 2.28. The molecule has 130 valence electrons. The summed E-state index contributed by atoms with van der Waals surface area (Å²) in [7, 11) is 1.51. The summed E-state index contributed by atoms with van der Waals surface area (Å²) in [5.74, 6) is -0.147. The largest absolute Gasteiger partial charge is 0.391 e. The van der Waals surface area contributed by atoms with E-state index in [0.717, 1.165) is 10.5 Å². The van der Waals surface area contributed by atoms with Gasteiger partial charge in [-0.2, -0.15) is 0 Å². The fraction of sp³-hybridized carbons (Fsp3) is 0.529. The van der Waals surface area contributed by atoms with Gasteiger partial charge in [0, 0.05) is 31.7 Å². The highest BCUT2D eigenvalue weighted by atomic mass is 35.5. The third-order valence-electron chi connectivity index (χ3n) is 4.90. The number of benzene rings is 1. The lowest BCUT2D eigenvalue weighted by atomic mass is 9.87. The fourth-order valence-electron chi connectivity index (χ4n) is 3.51. The molecule has 1 atom stereocenters. The molecule has 3 rings (SSSR count). The van der Waals surface area contributed by atoms with Crippen LogP contribution in [-0.2, 0) is 11.2 Å². The van der Waals surface area contributed by atoms with Crippen LogP contribution in [0.3, 0.4) is 0 Å². The topological polar surface area (TPSA) is 72.9 Å². The van der Waals surface area contributed by atoms with Gasteiger partial charge in [-0.05, 0) is 37.0 Å². The monoisotopic (exact) mass is 351 g/mol. The zero-order chi connectivity index (χ0) is 17.3. The predicted molar refractivity (Wildman–Crippen MR) is 90.9 cm³/mol. The van der Waals surface area contributed by atoms with Gasteiger partial charge in [0.15, 0.2) is 0 Å². The molecule has 2 saturated heterocycles. The van der Waals surface area contributed by atoms with Gasteiger partial charge in [-0.3, -0.25) is 9.69 Å². The van der Waals surface area contributed by atoms with E-state index in [0.29, 0.717) is 43.9 Å².